The first-order valence-electron chi connectivity index (χ1n) is 8.48. The van der Waals surface area contributed by atoms with Gasteiger partial charge in [-0.2, -0.15) is 5.10 Å². The van der Waals surface area contributed by atoms with E-state index in [0.717, 1.165) is 21.5 Å². The number of hydrogen-bond donors (Lipinski definition) is 2. The fourth-order valence-corrected chi connectivity index (χ4v) is 2.76. The second kappa shape index (κ2) is 9.62. The summed E-state index contributed by atoms with van der Waals surface area (Å²) >= 11 is 3.38. The third-order valence-electron chi connectivity index (χ3n) is 3.76. The van der Waals surface area contributed by atoms with Gasteiger partial charge in [0.25, 0.3) is 5.91 Å². The van der Waals surface area contributed by atoms with Crippen molar-refractivity contribution in [2.75, 3.05) is 20.3 Å². The third-order valence-corrected chi connectivity index (χ3v) is 4.25. The quantitative estimate of drug-likeness (QED) is 0.574. The maximum Gasteiger partial charge on any atom is 0.270 e. The van der Waals surface area contributed by atoms with E-state index < -0.39 is 0 Å². The molecule has 0 aliphatic rings. The van der Waals surface area contributed by atoms with E-state index in [-0.39, 0.29) is 19.1 Å². The van der Waals surface area contributed by atoms with Crippen molar-refractivity contribution >= 4 is 21.8 Å². The normalized spacial score (nSPS) is 9.93. The van der Waals surface area contributed by atoms with Gasteiger partial charge < -0.3 is 14.8 Å². The van der Waals surface area contributed by atoms with E-state index in [9.17, 15) is 4.79 Å². The molecule has 3 aromatic rings. The first-order chi connectivity index (χ1) is 13.7. The zero-order valence-electron chi connectivity index (χ0n) is 15.2. The van der Waals surface area contributed by atoms with Gasteiger partial charge in [0.2, 0.25) is 0 Å². The van der Waals surface area contributed by atoms with Crippen LogP contribution in [0.2, 0.25) is 0 Å². The Balaban J connectivity index is 1.49. The molecule has 0 aliphatic carbocycles. The number of nitrogens with zero attached hydrogens (tertiary/aromatic N) is 1. The summed E-state index contributed by atoms with van der Waals surface area (Å²) in [4.78, 5) is 12.2. The number of methoxy groups -OCH3 is 1. The highest BCUT2D eigenvalue weighted by Gasteiger charge is 2.10. The van der Waals surface area contributed by atoms with Crippen molar-refractivity contribution in [3.8, 4) is 34.6 Å². The van der Waals surface area contributed by atoms with Crippen LogP contribution in [0.1, 0.15) is 10.5 Å². The van der Waals surface area contributed by atoms with Crippen LogP contribution in [0.5, 0.6) is 11.5 Å². The first kappa shape index (κ1) is 19.5. The summed E-state index contributed by atoms with van der Waals surface area (Å²) in [7, 11) is 1.60. The highest BCUT2D eigenvalue weighted by molar-refractivity contribution is 9.10. The summed E-state index contributed by atoms with van der Waals surface area (Å²) in [6.45, 7) is 0.463. The summed E-state index contributed by atoms with van der Waals surface area (Å²) in [5.41, 5.74) is 1.89. The standard InChI is InChI=1S/C21H18BrN3O3/c1-27-17-8-4-6-15(12-17)19-14-20(25-24-19)21(26)23-10-2-3-11-28-18-9-5-7-16(22)13-18/h4-9,12-14H,10-11H2,1H3,(H,23,26)(H,24,25). The molecule has 0 fully saturated rings. The van der Waals surface area contributed by atoms with Gasteiger partial charge in [-0.15, -0.1) is 0 Å². The maximum atomic E-state index is 12.2. The van der Waals surface area contributed by atoms with Gasteiger partial charge >= 0.3 is 0 Å². The van der Waals surface area contributed by atoms with Crippen LogP contribution in [0.15, 0.2) is 59.1 Å². The molecule has 7 heteroatoms. The van der Waals surface area contributed by atoms with Gasteiger partial charge in [0.1, 0.15) is 23.8 Å². The topological polar surface area (TPSA) is 76.2 Å². The molecular formula is C21H18BrN3O3. The molecule has 3 rings (SSSR count). The Bertz CT molecular complexity index is 1020. The molecule has 28 heavy (non-hydrogen) atoms. The molecule has 0 saturated carbocycles. The minimum Gasteiger partial charge on any atom is -0.497 e. The lowest BCUT2D eigenvalue weighted by Crippen LogP contribution is -2.24. The summed E-state index contributed by atoms with van der Waals surface area (Å²) in [5.74, 6) is 6.90. The summed E-state index contributed by atoms with van der Waals surface area (Å²) < 4.78 is 11.7. The number of amides is 1. The number of carbonyl (C=O) groups is 1. The molecule has 0 saturated heterocycles. The molecule has 0 aliphatic heterocycles. The molecule has 0 unspecified atom stereocenters. The fourth-order valence-electron chi connectivity index (χ4n) is 2.38. The molecule has 2 N–H and O–H groups in total. The SMILES string of the molecule is COc1cccc(-c2cc(C(=O)NCC#CCOc3cccc(Br)c3)[nH]n2)c1. The van der Waals surface area contributed by atoms with Crippen LogP contribution in [0.4, 0.5) is 0 Å². The number of rotatable bonds is 6. The van der Waals surface area contributed by atoms with E-state index in [4.69, 9.17) is 9.47 Å². The van der Waals surface area contributed by atoms with E-state index in [1.165, 1.54) is 0 Å². The van der Waals surface area contributed by atoms with E-state index in [1.54, 1.807) is 13.2 Å². The largest absolute Gasteiger partial charge is 0.497 e. The molecule has 0 radical (unpaired) electrons. The number of carbonyl (C=O) groups excluding carboxylic acids is 1. The van der Waals surface area contributed by atoms with Crippen LogP contribution < -0.4 is 14.8 Å². The Morgan fingerprint density at radius 2 is 1.96 bits per heavy atom. The minimum atomic E-state index is -0.274. The summed E-state index contributed by atoms with van der Waals surface area (Å²) in [6.07, 6.45) is 0. The number of halogens is 1. The lowest BCUT2D eigenvalue weighted by atomic mass is 10.1. The van der Waals surface area contributed by atoms with Gasteiger partial charge in [-0.1, -0.05) is 46.0 Å². The van der Waals surface area contributed by atoms with Crippen molar-refractivity contribution < 1.29 is 14.3 Å². The Morgan fingerprint density at radius 1 is 1.14 bits per heavy atom. The number of ether oxygens (including phenoxy) is 2. The molecule has 0 spiro atoms. The third kappa shape index (κ3) is 5.38. The van der Waals surface area contributed by atoms with Crippen molar-refractivity contribution in [2.24, 2.45) is 0 Å². The first-order valence-corrected chi connectivity index (χ1v) is 9.27. The monoisotopic (exact) mass is 439 g/mol. The predicted octanol–water partition coefficient (Wildman–Crippen LogP) is 3.66. The van der Waals surface area contributed by atoms with Crippen LogP contribution in [0.25, 0.3) is 11.3 Å². The lowest BCUT2D eigenvalue weighted by Gasteiger charge is -2.01. The van der Waals surface area contributed by atoms with Gasteiger partial charge in [-0.05, 0) is 36.4 Å². The number of nitrogens with one attached hydrogen (secondary N) is 2. The van der Waals surface area contributed by atoms with E-state index in [1.807, 2.05) is 48.5 Å². The minimum absolute atomic E-state index is 0.216. The zero-order valence-corrected chi connectivity index (χ0v) is 16.7. The lowest BCUT2D eigenvalue weighted by molar-refractivity contribution is 0.0953. The smallest absolute Gasteiger partial charge is 0.270 e. The van der Waals surface area contributed by atoms with Gasteiger partial charge in [0, 0.05) is 10.0 Å². The highest BCUT2D eigenvalue weighted by Crippen LogP contribution is 2.22. The average Bonchev–Trinajstić information content (AvgIpc) is 3.21. The number of aromatic nitrogens is 2. The van der Waals surface area contributed by atoms with Gasteiger partial charge in [0.05, 0.1) is 19.3 Å². The van der Waals surface area contributed by atoms with Crippen molar-refractivity contribution in [1.29, 1.82) is 0 Å². The number of H-pyrrole nitrogens is 1. The fraction of sp³-hybridized carbons (Fsp3) is 0.143. The molecular weight excluding hydrogens is 422 g/mol. The van der Waals surface area contributed by atoms with Gasteiger partial charge in [0.15, 0.2) is 0 Å². The molecule has 0 atom stereocenters. The molecule has 1 aromatic heterocycles. The van der Waals surface area contributed by atoms with Crippen molar-refractivity contribution in [3.05, 3.63) is 64.8 Å². The summed E-state index contributed by atoms with van der Waals surface area (Å²) in [5, 5.41) is 9.64. The van der Waals surface area contributed by atoms with Gasteiger partial charge in [-0.25, -0.2) is 0 Å². The Kier molecular flexibility index (Phi) is 6.71. The molecule has 6 nitrogen and oxygen atoms in total. The second-order valence-corrected chi connectivity index (χ2v) is 6.60. The van der Waals surface area contributed by atoms with Crippen LogP contribution in [-0.2, 0) is 0 Å². The Morgan fingerprint density at radius 3 is 2.79 bits per heavy atom. The Hall–Kier alpha value is -3.24. The maximum absolute atomic E-state index is 12.2. The van der Waals surface area contributed by atoms with Gasteiger partial charge in [-0.3, -0.25) is 9.89 Å². The number of aromatic amines is 1. The predicted molar refractivity (Wildman–Crippen MR) is 110 cm³/mol. The van der Waals surface area contributed by atoms with Crippen LogP contribution in [0, 0.1) is 11.8 Å². The van der Waals surface area contributed by atoms with Crippen molar-refractivity contribution in [2.45, 2.75) is 0 Å². The zero-order chi connectivity index (χ0) is 19.8. The van der Waals surface area contributed by atoms with E-state index >= 15 is 0 Å². The number of hydrogen-bond acceptors (Lipinski definition) is 4. The molecule has 142 valence electrons. The van der Waals surface area contributed by atoms with E-state index in [0.29, 0.717) is 11.4 Å². The molecule has 0 bridgehead atoms. The molecule has 1 heterocycles. The van der Waals surface area contributed by atoms with Crippen molar-refractivity contribution in [3.63, 3.8) is 0 Å². The van der Waals surface area contributed by atoms with Crippen LogP contribution in [0.3, 0.4) is 0 Å². The van der Waals surface area contributed by atoms with Crippen LogP contribution in [-0.4, -0.2) is 36.4 Å². The molecule has 2 aromatic carbocycles. The van der Waals surface area contributed by atoms with Crippen molar-refractivity contribution in [1.82, 2.24) is 15.5 Å². The summed E-state index contributed by atoms with van der Waals surface area (Å²) in [6, 6.07) is 16.7. The average molecular weight is 440 g/mol. The van der Waals surface area contributed by atoms with Crippen LogP contribution >= 0.6 is 15.9 Å². The van der Waals surface area contributed by atoms with E-state index in [2.05, 4.69) is 43.3 Å². The molecule has 1 amide bonds. The highest BCUT2D eigenvalue weighted by atomic mass is 79.9. The number of benzene rings is 2. The second-order valence-electron chi connectivity index (χ2n) is 5.68. The Labute approximate surface area is 171 Å².